The van der Waals surface area contributed by atoms with Crippen molar-refractivity contribution in [1.29, 1.82) is 5.26 Å². The second kappa shape index (κ2) is 6.12. The van der Waals surface area contributed by atoms with E-state index in [9.17, 15) is 4.79 Å². The molecule has 6 nitrogen and oxygen atoms in total. The molecule has 2 rings (SSSR count). The van der Waals surface area contributed by atoms with Crippen LogP contribution in [0.4, 0.5) is 5.69 Å². The van der Waals surface area contributed by atoms with E-state index in [1.807, 2.05) is 13.0 Å². The Morgan fingerprint density at radius 1 is 1.55 bits per heavy atom. The van der Waals surface area contributed by atoms with Crippen LogP contribution in [0.25, 0.3) is 0 Å². The van der Waals surface area contributed by atoms with Crippen LogP contribution in [0.3, 0.4) is 0 Å². The van der Waals surface area contributed by atoms with Gasteiger partial charge < -0.3 is 10.1 Å². The number of hydrogen-bond acceptors (Lipinski definition) is 6. The summed E-state index contributed by atoms with van der Waals surface area (Å²) in [5, 5.41) is 15.7. The molecule has 0 spiro atoms. The van der Waals surface area contributed by atoms with Crippen molar-refractivity contribution in [3.8, 4) is 11.8 Å². The number of aryl methyl sites for hydroxylation is 1. The number of anilines is 1. The first-order chi connectivity index (χ1) is 9.71. The Morgan fingerprint density at radius 2 is 2.35 bits per heavy atom. The monoisotopic (exact) mass is 288 g/mol. The van der Waals surface area contributed by atoms with Gasteiger partial charge in [-0.3, -0.25) is 4.79 Å². The van der Waals surface area contributed by atoms with Crippen LogP contribution in [0.15, 0.2) is 18.2 Å². The molecule has 2 aromatic rings. The Bertz CT molecular complexity index is 675. The molecule has 1 N–H and O–H groups in total. The minimum Gasteiger partial charge on any atom is -0.495 e. The van der Waals surface area contributed by atoms with Gasteiger partial charge in [-0.1, -0.05) is 17.5 Å². The molecule has 102 valence electrons. The summed E-state index contributed by atoms with van der Waals surface area (Å²) in [6.45, 7) is 1.90. The van der Waals surface area contributed by atoms with Gasteiger partial charge in [-0.2, -0.15) is 5.26 Å². The smallest absolute Gasteiger partial charge is 0.269 e. The van der Waals surface area contributed by atoms with Crippen molar-refractivity contribution in [2.45, 2.75) is 13.3 Å². The maximum Gasteiger partial charge on any atom is 0.269 e. The zero-order chi connectivity index (χ0) is 14.5. The molecule has 0 aliphatic rings. The van der Waals surface area contributed by atoms with Crippen LogP contribution in [0.1, 0.15) is 27.9 Å². The fourth-order valence-corrected chi connectivity index (χ4v) is 2.35. The van der Waals surface area contributed by atoms with Gasteiger partial charge in [-0.25, -0.2) is 0 Å². The van der Waals surface area contributed by atoms with Gasteiger partial charge in [0, 0.05) is 0 Å². The van der Waals surface area contributed by atoms with E-state index in [1.54, 1.807) is 18.2 Å². The highest BCUT2D eigenvalue weighted by molar-refractivity contribution is 7.08. The molecule has 0 radical (unpaired) electrons. The van der Waals surface area contributed by atoms with E-state index < -0.39 is 0 Å². The number of para-hydroxylation sites is 1. The predicted molar refractivity (Wildman–Crippen MR) is 74.9 cm³/mol. The molecule has 0 aliphatic carbocycles. The fraction of sp³-hybridized carbons (Fsp3) is 0.231. The van der Waals surface area contributed by atoms with Crippen LogP contribution in [0, 0.1) is 11.3 Å². The van der Waals surface area contributed by atoms with Gasteiger partial charge in [0.25, 0.3) is 5.91 Å². The molecule has 0 saturated heterocycles. The molecule has 0 atom stereocenters. The lowest BCUT2D eigenvalue weighted by atomic mass is 10.1. The Balaban J connectivity index is 2.35. The Hall–Kier alpha value is -2.46. The van der Waals surface area contributed by atoms with E-state index in [0.717, 1.165) is 11.5 Å². The number of amides is 1. The van der Waals surface area contributed by atoms with Crippen molar-refractivity contribution in [2.75, 3.05) is 12.4 Å². The highest BCUT2D eigenvalue weighted by atomic mass is 32.1. The van der Waals surface area contributed by atoms with Crippen LogP contribution in [-0.4, -0.2) is 22.6 Å². The SMILES string of the molecule is CCc1nnsc1C(=O)Nc1c(C#N)cccc1OC. The second-order valence-corrected chi connectivity index (χ2v) is 4.61. The van der Waals surface area contributed by atoms with E-state index in [4.69, 9.17) is 10.00 Å². The third-order valence-electron chi connectivity index (χ3n) is 2.70. The number of nitrogens with zero attached hydrogens (tertiary/aromatic N) is 3. The number of carbonyl (C=O) groups excluding carboxylic acids is 1. The summed E-state index contributed by atoms with van der Waals surface area (Å²) in [5.74, 6) is 0.103. The minimum absolute atomic E-state index is 0.335. The van der Waals surface area contributed by atoms with Crippen molar-refractivity contribution in [1.82, 2.24) is 9.59 Å². The first-order valence-electron chi connectivity index (χ1n) is 5.91. The highest BCUT2D eigenvalue weighted by Crippen LogP contribution is 2.28. The van der Waals surface area contributed by atoms with Crippen LogP contribution < -0.4 is 10.1 Å². The quantitative estimate of drug-likeness (QED) is 0.932. The summed E-state index contributed by atoms with van der Waals surface area (Å²) in [4.78, 5) is 12.7. The lowest BCUT2D eigenvalue weighted by molar-refractivity contribution is 0.102. The van der Waals surface area contributed by atoms with Crippen LogP contribution in [0.2, 0.25) is 0 Å². The summed E-state index contributed by atoms with van der Waals surface area (Å²) in [6.07, 6.45) is 0.621. The van der Waals surface area contributed by atoms with Gasteiger partial charge in [0.15, 0.2) is 0 Å². The topological polar surface area (TPSA) is 87.9 Å². The number of ether oxygens (including phenoxy) is 1. The zero-order valence-corrected chi connectivity index (χ0v) is 11.8. The molecule has 1 heterocycles. The van der Waals surface area contributed by atoms with Gasteiger partial charge in [-0.15, -0.1) is 5.10 Å². The molecule has 1 amide bonds. The van der Waals surface area contributed by atoms with Gasteiger partial charge in [-0.05, 0) is 30.1 Å². The van der Waals surface area contributed by atoms with Crippen molar-refractivity contribution in [2.24, 2.45) is 0 Å². The number of benzene rings is 1. The third kappa shape index (κ3) is 2.60. The average molecular weight is 288 g/mol. The van der Waals surface area contributed by atoms with Crippen molar-refractivity contribution in [3.63, 3.8) is 0 Å². The molecule has 1 aromatic heterocycles. The van der Waals surface area contributed by atoms with E-state index in [0.29, 0.717) is 34.0 Å². The zero-order valence-electron chi connectivity index (χ0n) is 11.0. The number of nitriles is 1. The second-order valence-electron chi connectivity index (χ2n) is 3.85. The maximum absolute atomic E-state index is 12.2. The Morgan fingerprint density at radius 3 is 3.00 bits per heavy atom. The minimum atomic E-state index is -0.335. The number of rotatable bonds is 4. The highest BCUT2D eigenvalue weighted by Gasteiger charge is 2.18. The van der Waals surface area contributed by atoms with Gasteiger partial charge in [0.1, 0.15) is 22.4 Å². The molecule has 0 unspecified atom stereocenters. The first-order valence-corrected chi connectivity index (χ1v) is 6.68. The molecule has 0 bridgehead atoms. The molecule has 20 heavy (non-hydrogen) atoms. The largest absolute Gasteiger partial charge is 0.495 e. The van der Waals surface area contributed by atoms with Crippen LogP contribution >= 0.6 is 11.5 Å². The normalized spacial score (nSPS) is 9.85. The lowest BCUT2D eigenvalue weighted by Crippen LogP contribution is -2.14. The number of nitrogens with one attached hydrogen (secondary N) is 1. The summed E-state index contributed by atoms with van der Waals surface area (Å²) in [7, 11) is 1.48. The van der Waals surface area contributed by atoms with E-state index in [1.165, 1.54) is 7.11 Å². The first kappa shape index (κ1) is 14.0. The van der Waals surface area contributed by atoms with E-state index >= 15 is 0 Å². The molecule has 1 aromatic carbocycles. The molecule has 7 heteroatoms. The van der Waals surface area contributed by atoms with Crippen LogP contribution in [0.5, 0.6) is 5.75 Å². The number of hydrogen-bond donors (Lipinski definition) is 1. The summed E-state index contributed by atoms with van der Waals surface area (Å²) >= 11 is 1.03. The van der Waals surface area contributed by atoms with Crippen molar-refractivity contribution in [3.05, 3.63) is 34.3 Å². The van der Waals surface area contributed by atoms with Crippen molar-refractivity contribution >= 4 is 23.1 Å². The molecular weight excluding hydrogens is 276 g/mol. The maximum atomic E-state index is 12.2. The van der Waals surface area contributed by atoms with Crippen molar-refractivity contribution < 1.29 is 9.53 Å². The number of methoxy groups -OCH3 is 1. The summed E-state index contributed by atoms with van der Waals surface area (Å²) in [6, 6.07) is 7.02. The van der Waals surface area contributed by atoms with Gasteiger partial charge in [0.05, 0.1) is 18.4 Å². The van der Waals surface area contributed by atoms with E-state index in [-0.39, 0.29) is 5.91 Å². The fourth-order valence-electron chi connectivity index (χ4n) is 1.71. The molecule has 0 aliphatic heterocycles. The van der Waals surface area contributed by atoms with Crippen LogP contribution in [-0.2, 0) is 6.42 Å². The van der Waals surface area contributed by atoms with Gasteiger partial charge >= 0.3 is 0 Å². The van der Waals surface area contributed by atoms with Gasteiger partial charge in [0.2, 0.25) is 0 Å². The van der Waals surface area contributed by atoms with E-state index in [2.05, 4.69) is 14.9 Å². The molecule has 0 fully saturated rings. The Labute approximate surface area is 120 Å². The average Bonchev–Trinajstić information content (AvgIpc) is 2.95. The number of carbonyl (C=O) groups is 1. The summed E-state index contributed by atoms with van der Waals surface area (Å²) in [5.41, 5.74) is 1.34. The molecular formula is C13H12N4O2S. The standard InChI is InChI=1S/C13H12N4O2S/c1-3-9-12(20-17-16-9)13(18)15-11-8(7-14)5-4-6-10(11)19-2/h4-6H,3H2,1-2H3,(H,15,18). The third-order valence-corrected chi connectivity index (χ3v) is 3.47. The number of aromatic nitrogens is 2. The Kier molecular flexibility index (Phi) is 4.27. The predicted octanol–water partition coefficient (Wildman–Crippen LogP) is 2.23. The lowest BCUT2D eigenvalue weighted by Gasteiger charge is -2.11. The summed E-state index contributed by atoms with van der Waals surface area (Å²) < 4.78 is 8.94. The molecule has 0 saturated carbocycles.